The van der Waals surface area contributed by atoms with Gasteiger partial charge in [-0.2, -0.15) is 0 Å². The Balaban J connectivity index is 1.73. The van der Waals surface area contributed by atoms with Crippen LogP contribution in [0.4, 0.5) is 4.39 Å². The highest BCUT2D eigenvalue weighted by atomic mass is 19.1. The number of amides is 1. The average Bonchev–Trinajstić information content (AvgIpc) is 3.08. The van der Waals surface area contributed by atoms with Crippen LogP contribution in [0.3, 0.4) is 0 Å². The molecular formula is C26H20FNO5. The van der Waals surface area contributed by atoms with Crippen LogP contribution < -0.4 is 10.2 Å². The number of aryl methyl sites for hydroxylation is 1. The molecule has 1 aliphatic heterocycles. The Kier molecular flexibility index (Phi) is 4.89. The first-order valence-corrected chi connectivity index (χ1v) is 10.4. The third kappa shape index (κ3) is 3.42. The van der Waals surface area contributed by atoms with Crippen molar-refractivity contribution in [1.29, 1.82) is 0 Å². The summed E-state index contributed by atoms with van der Waals surface area (Å²) in [6.07, 6.45) is 0. The molecule has 0 aliphatic carbocycles. The lowest BCUT2D eigenvalue weighted by molar-refractivity contribution is 0.0714. The Bertz CT molecular complexity index is 1460. The molecule has 2 heterocycles. The number of ether oxygens (including phenoxy) is 1. The van der Waals surface area contributed by atoms with Gasteiger partial charge >= 0.3 is 0 Å². The van der Waals surface area contributed by atoms with E-state index in [4.69, 9.17) is 9.15 Å². The Morgan fingerprint density at radius 3 is 2.55 bits per heavy atom. The molecule has 4 aromatic rings. The van der Waals surface area contributed by atoms with Crippen molar-refractivity contribution in [1.82, 2.24) is 4.90 Å². The molecule has 6 nitrogen and oxygen atoms in total. The van der Waals surface area contributed by atoms with E-state index in [-0.39, 0.29) is 40.3 Å². The summed E-state index contributed by atoms with van der Waals surface area (Å²) in [6, 6.07) is 15.2. The van der Waals surface area contributed by atoms with Gasteiger partial charge < -0.3 is 19.2 Å². The minimum Gasteiger partial charge on any atom is -0.504 e. The molecule has 166 valence electrons. The predicted octanol–water partition coefficient (Wildman–Crippen LogP) is 4.70. The number of carbonyl (C=O) groups is 1. The standard InChI is InChI=1S/C26H20FNO5/c1-14-3-5-15(6-4-14)13-28-23(16-7-9-19(29)21(11-16)32-2)22-24(30)18-12-17(27)8-10-20(18)33-25(22)26(28)31/h3-12,23,29H,13H2,1-2H3/t23-/m0/s1. The van der Waals surface area contributed by atoms with E-state index in [1.807, 2.05) is 31.2 Å². The molecule has 1 N–H and O–H groups in total. The molecule has 0 saturated carbocycles. The lowest BCUT2D eigenvalue weighted by Crippen LogP contribution is -2.29. The lowest BCUT2D eigenvalue weighted by Gasteiger charge is -2.25. The van der Waals surface area contributed by atoms with Gasteiger partial charge in [0.2, 0.25) is 5.76 Å². The van der Waals surface area contributed by atoms with Crippen LogP contribution in [0.1, 0.15) is 38.9 Å². The van der Waals surface area contributed by atoms with E-state index in [1.54, 1.807) is 17.0 Å². The van der Waals surface area contributed by atoms with Crippen molar-refractivity contribution in [3.63, 3.8) is 0 Å². The molecule has 1 amide bonds. The van der Waals surface area contributed by atoms with Gasteiger partial charge in [-0.25, -0.2) is 4.39 Å². The second kappa shape index (κ2) is 7.78. The minimum atomic E-state index is -0.799. The van der Waals surface area contributed by atoms with Gasteiger partial charge in [0.15, 0.2) is 16.9 Å². The van der Waals surface area contributed by atoms with Crippen molar-refractivity contribution < 1.29 is 23.4 Å². The van der Waals surface area contributed by atoms with Crippen molar-refractivity contribution >= 4 is 16.9 Å². The van der Waals surface area contributed by atoms with Crippen LogP contribution in [0, 0.1) is 12.7 Å². The first kappa shape index (κ1) is 20.8. The van der Waals surface area contributed by atoms with Crippen molar-refractivity contribution in [2.75, 3.05) is 7.11 Å². The summed E-state index contributed by atoms with van der Waals surface area (Å²) in [6.45, 7) is 2.20. The van der Waals surface area contributed by atoms with Crippen LogP contribution in [-0.4, -0.2) is 23.0 Å². The monoisotopic (exact) mass is 445 g/mol. The Morgan fingerprint density at radius 1 is 1.06 bits per heavy atom. The number of aromatic hydroxyl groups is 1. The second-order valence-electron chi connectivity index (χ2n) is 8.07. The maximum Gasteiger partial charge on any atom is 0.291 e. The number of halogens is 1. The Labute approximate surface area is 188 Å². The first-order valence-electron chi connectivity index (χ1n) is 10.4. The van der Waals surface area contributed by atoms with Gasteiger partial charge in [-0.1, -0.05) is 35.9 Å². The Morgan fingerprint density at radius 2 is 1.82 bits per heavy atom. The van der Waals surface area contributed by atoms with E-state index in [0.717, 1.165) is 17.2 Å². The lowest BCUT2D eigenvalue weighted by atomic mass is 9.97. The molecule has 0 radical (unpaired) electrons. The van der Waals surface area contributed by atoms with E-state index in [1.165, 1.54) is 25.3 Å². The number of fused-ring (bicyclic) bond motifs is 2. The molecule has 0 spiro atoms. The maximum absolute atomic E-state index is 13.9. The fraction of sp³-hybridized carbons (Fsp3) is 0.154. The minimum absolute atomic E-state index is 0.0643. The zero-order valence-corrected chi connectivity index (χ0v) is 18.0. The number of phenolic OH excluding ortho intramolecular Hbond substituents is 1. The fourth-order valence-corrected chi connectivity index (χ4v) is 4.26. The summed E-state index contributed by atoms with van der Waals surface area (Å²) in [7, 11) is 1.42. The Hall–Kier alpha value is -4.13. The van der Waals surface area contributed by atoms with Gasteiger partial charge in [0, 0.05) is 6.54 Å². The second-order valence-corrected chi connectivity index (χ2v) is 8.07. The quantitative estimate of drug-likeness (QED) is 0.493. The largest absolute Gasteiger partial charge is 0.504 e. The highest BCUT2D eigenvalue weighted by molar-refractivity contribution is 5.99. The molecular weight excluding hydrogens is 425 g/mol. The van der Waals surface area contributed by atoms with Gasteiger partial charge in [-0.3, -0.25) is 9.59 Å². The number of hydrogen-bond donors (Lipinski definition) is 1. The molecule has 3 aromatic carbocycles. The van der Waals surface area contributed by atoms with E-state index in [2.05, 4.69) is 0 Å². The van der Waals surface area contributed by atoms with Crippen LogP contribution in [-0.2, 0) is 6.54 Å². The van der Waals surface area contributed by atoms with Crippen molar-refractivity contribution in [2.45, 2.75) is 19.5 Å². The van der Waals surface area contributed by atoms with Crippen molar-refractivity contribution in [3.05, 3.63) is 105 Å². The number of rotatable bonds is 4. The van der Waals surface area contributed by atoms with E-state index in [0.29, 0.717) is 5.56 Å². The van der Waals surface area contributed by atoms with Crippen LogP contribution >= 0.6 is 0 Å². The number of carbonyl (C=O) groups excluding carboxylic acids is 1. The van der Waals surface area contributed by atoms with Crippen molar-refractivity contribution in [2.24, 2.45) is 0 Å². The normalized spacial score (nSPS) is 15.2. The molecule has 0 saturated heterocycles. The SMILES string of the molecule is COc1cc([C@H]2c3c(oc4ccc(F)cc4c3=O)C(=O)N2Cc2ccc(C)cc2)ccc1O. The molecule has 7 heteroatoms. The molecule has 33 heavy (non-hydrogen) atoms. The van der Waals surface area contributed by atoms with Gasteiger partial charge in [-0.15, -0.1) is 0 Å². The number of benzene rings is 3. The van der Waals surface area contributed by atoms with Crippen LogP contribution in [0.25, 0.3) is 11.0 Å². The fourth-order valence-electron chi connectivity index (χ4n) is 4.26. The molecule has 0 unspecified atom stereocenters. The molecule has 1 aliphatic rings. The topological polar surface area (TPSA) is 80.0 Å². The summed E-state index contributed by atoms with van der Waals surface area (Å²) in [4.78, 5) is 28.5. The maximum atomic E-state index is 13.9. The third-order valence-corrected chi connectivity index (χ3v) is 5.92. The molecule has 5 rings (SSSR count). The molecule has 1 aromatic heterocycles. The van der Waals surface area contributed by atoms with E-state index < -0.39 is 23.2 Å². The van der Waals surface area contributed by atoms with Gasteiger partial charge in [0.1, 0.15) is 11.4 Å². The molecule has 0 fully saturated rings. The van der Waals surface area contributed by atoms with Crippen LogP contribution in [0.5, 0.6) is 11.5 Å². The van der Waals surface area contributed by atoms with Gasteiger partial charge in [0.25, 0.3) is 5.91 Å². The van der Waals surface area contributed by atoms with Crippen LogP contribution in [0.2, 0.25) is 0 Å². The first-order chi connectivity index (χ1) is 15.9. The highest BCUT2D eigenvalue weighted by Gasteiger charge is 2.43. The van der Waals surface area contributed by atoms with E-state index in [9.17, 15) is 19.1 Å². The van der Waals surface area contributed by atoms with Crippen LogP contribution in [0.15, 0.2) is 69.9 Å². The molecule has 0 bridgehead atoms. The summed E-state index contributed by atoms with van der Waals surface area (Å²) in [5.74, 6) is -0.934. The van der Waals surface area contributed by atoms with E-state index >= 15 is 0 Å². The van der Waals surface area contributed by atoms with Crippen molar-refractivity contribution in [3.8, 4) is 11.5 Å². The average molecular weight is 445 g/mol. The van der Waals surface area contributed by atoms with Gasteiger partial charge in [-0.05, 0) is 48.4 Å². The summed E-state index contributed by atoms with van der Waals surface area (Å²) in [5.41, 5.74) is 2.33. The number of hydrogen-bond acceptors (Lipinski definition) is 5. The zero-order valence-electron chi connectivity index (χ0n) is 18.0. The van der Waals surface area contributed by atoms with Gasteiger partial charge in [0.05, 0.1) is 24.1 Å². The number of nitrogens with zero attached hydrogens (tertiary/aromatic N) is 1. The third-order valence-electron chi connectivity index (χ3n) is 5.92. The predicted molar refractivity (Wildman–Crippen MR) is 120 cm³/mol. The molecule has 1 atom stereocenters. The summed E-state index contributed by atoms with van der Waals surface area (Å²) < 4.78 is 25.0. The zero-order chi connectivity index (χ0) is 23.3. The summed E-state index contributed by atoms with van der Waals surface area (Å²) in [5, 5.41) is 10.1. The summed E-state index contributed by atoms with van der Waals surface area (Å²) >= 11 is 0. The number of methoxy groups -OCH3 is 1. The number of phenols is 1. The smallest absolute Gasteiger partial charge is 0.291 e. The highest BCUT2D eigenvalue weighted by Crippen LogP contribution is 2.41.